The van der Waals surface area contributed by atoms with E-state index in [2.05, 4.69) is 21.2 Å². The minimum Gasteiger partial charge on any atom is -0.459 e. The molecule has 3 aliphatic rings. The van der Waals surface area contributed by atoms with Crippen molar-refractivity contribution in [2.45, 2.75) is 18.6 Å². The first-order chi connectivity index (χ1) is 10.1. The molecule has 2 bridgehead atoms. The van der Waals surface area contributed by atoms with Crippen LogP contribution in [-0.2, 0) is 14.3 Å². The molecular formula is C15H14BrNO4. The predicted octanol–water partition coefficient (Wildman–Crippen LogP) is 1.56. The molecule has 6 atom stereocenters. The smallest absolute Gasteiger partial charge is 0.310 e. The molecule has 2 aliphatic carbocycles. The SMILES string of the molecule is O=C1O[C@@H]2[C@@H](O)[C@H]3C[C@@H]2[C@@H]1[C@H]3C(=O)Nc1ccc(Br)cc1. The first kappa shape index (κ1) is 13.3. The maximum atomic E-state index is 12.5. The van der Waals surface area contributed by atoms with Crippen LogP contribution in [0, 0.1) is 23.7 Å². The lowest BCUT2D eigenvalue weighted by molar-refractivity contribution is -0.146. The van der Waals surface area contributed by atoms with E-state index in [4.69, 9.17) is 4.74 Å². The predicted molar refractivity (Wildman–Crippen MR) is 77.2 cm³/mol. The van der Waals surface area contributed by atoms with Gasteiger partial charge in [0.25, 0.3) is 0 Å². The average molecular weight is 352 g/mol. The third-order valence-corrected chi connectivity index (χ3v) is 5.52. The molecule has 21 heavy (non-hydrogen) atoms. The van der Waals surface area contributed by atoms with Crippen molar-refractivity contribution in [1.82, 2.24) is 0 Å². The summed E-state index contributed by atoms with van der Waals surface area (Å²) in [5, 5.41) is 13.0. The minimum atomic E-state index is -0.710. The fourth-order valence-electron chi connectivity index (χ4n) is 4.13. The molecule has 110 valence electrons. The van der Waals surface area contributed by atoms with Crippen molar-refractivity contribution in [3.63, 3.8) is 0 Å². The molecule has 0 aromatic heterocycles. The number of amides is 1. The lowest BCUT2D eigenvalue weighted by Gasteiger charge is -2.27. The molecule has 0 spiro atoms. The molecular weight excluding hydrogens is 338 g/mol. The van der Waals surface area contributed by atoms with Crippen LogP contribution in [0.4, 0.5) is 5.69 Å². The second kappa shape index (κ2) is 4.55. The number of aliphatic hydroxyl groups is 1. The van der Waals surface area contributed by atoms with Crippen molar-refractivity contribution in [1.29, 1.82) is 0 Å². The van der Waals surface area contributed by atoms with Gasteiger partial charge in [-0.1, -0.05) is 15.9 Å². The fourth-order valence-corrected chi connectivity index (χ4v) is 4.40. The van der Waals surface area contributed by atoms with E-state index in [-0.39, 0.29) is 29.6 Å². The van der Waals surface area contributed by atoms with Crippen molar-refractivity contribution in [3.8, 4) is 0 Å². The number of carbonyl (C=O) groups excluding carboxylic acids is 2. The summed E-state index contributed by atoms with van der Waals surface area (Å²) in [6.45, 7) is 0. The maximum Gasteiger partial charge on any atom is 0.310 e. The monoisotopic (exact) mass is 351 g/mol. The normalized spacial score (nSPS) is 39.4. The summed E-state index contributed by atoms with van der Waals surface area (Å²) in [6, 6.07) is 7.26. The van der Waals surface area contributed by atoms with Gasteiger partial charge in [0.1, 0.15) is 6.10 Å². The van der Waals surface area contributed by atoms with Gasteiger partial charge in [0.2, 0.25) is 5.91 Å². The second-order valence-corrected chi connectivity index (χ2v) is 6.92. The van der Waals surface area contributed by atoms with Gasteiger partial charge < -0.3 is 15.2 Å². The van der Waals surface area contributed by atoms with Crippen LogP contribution in [0.3, 0.4) is 0 Å². The van der Waals surface area contributed by atoms with Crippen molar-refractivity contribution in [2.75, 3.05) is 5.32 Å². The second-order valence-electron chi connectivity index (χ2n) is 6.00. The number of anilines is 1. The molecule has 1 heterocycles. The number of ether oxygens (including phenoxy) is 1. The number of rotatable bonds is 2. The molecule has 4 rings (SSSR count). The summed E-state index contributed by atoms with van der Waals surface area (Å²) >= 11 is 3.34. The van der Waals surface area contributed by atoms with E-state index in [1.807, 2.05) is 12.1 Å². The molecule has 0 unspecified atom stereocenters. The number of fused-ring (bicyclic) bond motifs is 1. The highest BCUT2D eigenvalue weighted by Gasteiger charge is 2.68. The van der Waals surface area contributed by atoms with Gasteiger partial charge in [-0.3, -0.25) is 9.59 Å². The van der Waals surface area contributed by atoms with E-state index in [0.29, 0.717) is 12.1 Å². The Hall–Kier alpha value is -1.40. The van der Waals surface area contributed by atoms with Gasteiger partial charge in [-0.25, -0.2) is 0 Å². The van der Waals surface area contributed by atoms with Gasteiger partial charge >= 0.3 is 5.97 Å². The van der Waals surface area contributed by atoms with Gasteiger partial charge in [0, 0.05) is 22.0 Å². The molecule has 1 aliphatic heterocycles. The quantitative estimate of drug-likeness (QED) is 0.792. The van der Waals surface area contributed by atoms with Crippen LogP contribution in [0.2, 0.25) is 0 Å². The number of hydrogen-bond acceptors (Lipinski definition) is 4. The van der Waals surface area contributed by atoms with E-state index in [0.717, 1.165) is 4.47 Å². The van der Waals surface area contributed by atoms with Gasteiger partial charge in [-0.2, -0.15) is 0 Å². The molecule has 6 heteroatoms. The van der Waals surface area contributed by atoms with Crippen LogP contribution in [0.5, 0.6) is 0 Å². The number of benzene rings is 1. The Morgan fingerprint density at radius 3 is 2.71 bits per heavy atom. The van der Waals surface area contributed by atoms with Crippen molar-refractivity contribution in [3.05, 3.63) is 28.7 Å². The third kappa shape index (κ3) is 1.85. The Balaban J connectivity index is 1.57. The van der Waals surface area contributed by atoms with E-state index < -0.39 is 18.1 Å². The fraction of sp³-hybridized carbons (Fsp3) is 0.467. The molecule has 1 saturated heterocycles. The van der Waals surface area contributed by atoms with E-state index in [1.54, 1.807) is 12.1 Å². The first-order valence-electron chi connectivity index (χ1n) is 7.01. The van der Waals surface area contributed by atoms with Crippen molar-refractivity contribution < 1.29 is 19.4 Å². The van der Waals surface area contributed by atoms with Crippen LogP contribution in [0.15, 0.2) is 28.7 Å². The lowest BCUT2D eigenvalue weighted by Crippen LogP contribution is -2.42. The van der Waals surface area contributed by atoms with Crippen LogP contribution >= 0.6 is 15.9 Å². The third-order valence-electron chi connectivity index (χ3n) is 4.99. The minimum absolute atomic E-state index is 0.00170. The van der Waals surface area contributed by atoms with E-state index in [1.165, 1.54) is 0 Å². The lowest BCUT2D eigenvalue weighted by atomic mass is 9.78. The number of halogens is 1. The highest BCUT2D eigenvalue weighted by Crippen LogP contribution is 2.57. The number of esters is 1. The zero-order valence-electron chi connectivity index (χ0n) is 11.0. The van der Waals surface area contributed by atoms with Crippen molar-refractivity contribution >= 4 is 33.5 Å². The molecule has 1 aromatic carbocycles. The van der Waals surface area contributed by atoms with Crippen molar-refractivity contribution in [2.24, 2.45) is 23.7 Å². The highest BCUT2D eigenvalue weighted by atomic mass is 79.9. The summed E-state index contributed by atoms with van der Waals surface area (Å²) in [5.74, 6) is -1.59. The Morgan fingerprint density at radius 2 is 2.00 bits per heavy atom. The zero-order valence-corrected chi connectivity index (χ0v) is 12.6. The number of hydrogen-bond donors (Lipinski definition) is 2. The summed E-state index contributed by atoms with van der Waals surface area (Å²) in [5.41, 5.74) is 0.684. The standard InChI is InChI=1S/C15H14BrNO4/c16-6-1-3-7(4-2-6)17-14(19)10-8-5-9-11(10)15(20)21-13(9)12(8)18/h1-4,8-13,18H,5H2,(H,17,19)/t8-,9+,10-,11+,12-,13-/m0/s1. The van der Waals surface area contributed by atoms with Gasteiger partial charge in [0.15, 0.2) is 0 Å². The van der Waals surface area contributed by atoms with Gasteiger partial charge in [-0.15, -0.1) is 0 Å². The van der Waals surface area contributed by atoms with E-state index >= 15 is 0 Å². The molecule has 2 N–H and O–H groups in total. The number of carbonyl (C=O) groups is 2. The molecule has 1 amide bonds. The summed E-state index contributed by atoms with van der Waals surface area (Å²) in [4.78, 5) is 24.5. The number of aliphatic hydroxyl groups excluding tert-OH is 1. The first-order valence-corrected chi connectivity index (χ1v) is 7.80. The van der Waals surface area contributed by atoms with Crippen LogP contribution in [-0.4, -0.2) is 29.2 Å². The van der Waals surface area contributed by atoms with Crippen LogP contribution < -0.4 is 5.32 Å². The Labute approximate surface area is 129 Å². The summed E-state index contributed by atoms with van der Waals surface area (Å²) in [6.07, 6.45) is -0.414. The Morgan fingerprint density at radius 1 is 1.29 bits per heavy atom. The van der Waals surface area contributed by atoms with Crippen LogP contribution in [0.1, 0.15) is 6.42 Å². The summed E-state index contributed by atoms with van der Waals surface area (Å²) in [7, 11) is 0. The maximum absolute atomic E-state index is 12.5. The molecule has 1 aromatic rings. The molecule has 5 nitrogen and oxygen atoms in total. The zero-order chi connectivity index (χ0) is 14.7. The molecule has 0 radical (unpaired) electrons. The topological polar surface area (TPSA) is 75.6 Å². The molecule has 2 saturated carbocycles. The summed E-state index contributed by atoms with van der Waals surface area (Å²) < 4.78 is 6.15. The Kier molecular flexibility index (Phi) is 2.87. The largest absolute Gasteiger partial charge is 0.459 e. The van der Waals surface area contributed by atoms with Gasteiger partial charge in [0.05, 0.1) is 17.9 Å². The molecule has 3 fully saturated rings. The van der Waals surface area contributed by atoms with Gasteiger partial charge in [-0.05, 0) is 30.7 Å². The highest BCUT2D eigenvalue weighted by molar-refractivity contribution is 9.10. The average Bonchev–Trinajstić information content (AvgIpc) is 3.05. The number of nitrogens with one attached hydrogen (secondary N) is 1. The Bertz CT molecular complexity index is 617. The van der Waals surface area contributed by atoms with E-state index in [9.17, 15) is 14.7 Å². The van der Waals surface area contributed by atoms with Crippen LogP contribution in [0.25, 0.3) is 0 Å².